The van der Waals surface area contributed by atoms with Crippen LogP contribution in [0.1, 0.15) is 30.7 Å². The predicted octanol–water partition coefficient (Wildman–Crippen LogP) is 2.33. The van der Waals surface area contributed by atoms with E-state index in [1.54, 1.807) is 23.0 Å². The van der Waals surface area contributed by atoms with Gasteiger partial charge in [-0.05, 0) is 62.4 Å². The molecule has 6 heteroatoms. The molecule has 1 aliphatic heterocycles. The van der Waals surface area contributed by atoms with Gasteiger partial charge in [-0.15, -0.1) is 0 Å². The summed E-state index contributed by atoms with van der Waals surface area (Å²) in [6, 6.07) is 5.07. The monoisotopic (exact) mass is 342 g/mol. The van der Waals surface area contributed by atoms with Crippen LogP contribution in [0, 0.1) is 24.1 Å². The molecule has 2 aromatic rings. The standard InChI is InChI=1S/C19H23FN4O/c1-13-22-8-9-24(13)17-3-2-14(10-16(17)20)12-23-18(25)15-11-19(15)4-6-21-7-5-19/h2-3,8-10,15,21H,4-7,11-12H2,1H3,(H,23,25). The van der Waals surface area contributed by atoms with Gasteiger partial charge in [0.2, 0.25) is 5.91 Å². The zero-order chi connectivity index (χ0) is 17.4. The topological polar surface area (TPSA) is 59.0 Å². The molecule has 1 atom stereocenters. The number of halogens is 1. The number of rotatable bonds is 4. The van der Waals surface area contributed by atoms with Crippen molar-refractivity contribution >= 4 is 5.91 Å². The predicted molar refractivity (Wildman–Crippen MR) is 92.7 cm³/mol. The molecule has 4 rings (SSSR count). The van der Waals surface area contributed by atoms with Crippen molar-refractivity contribution in [1.29, 1.82) is 0 Å². The number of imidazole rings is 1. The van der Waals surface area contributed by atoms with E-state index in [-0.39, 0.29) is 23.1 Å². The second-order valence-corrected chi connectivity index (χ2v) is 7.22. The van der Waals surface area contributed by atoms with Crippen LogP contribution in [0.15, 0.2) is 30.6 Å². The molecule has 2 N–H and O–H groups in total. The van der Waals surface area contributed by atoms with E-state index in [4.69, 9.17) is 0 Å². The molecule has 2 heterocycles. The Hall–Kier alpha value is -2.21. The maximum Gasteiger partial charge on any atom is 0.223 e. The molecule has 1 aromatic carbocycles. The summed E-state index contributed by atoms with van der Waals surface area (Å²) < 4.78 is 16.1. The molecular weight excluding hydrogens is 319 g/mol. The van der Waals surface area contributed by atoms with Crippen LogP contribution < -0.4 is 10.6 Å². The molecule has 1 saturated heterocycles. The van der Waals surface area contributed by atoms with Crippen LogP contribution in [0.25, 0.3) is 5.69 Å². The van der Waals surface area contributed by atoms with E-state index in [0.29, 0.717) is 12.2 Å². The molecular formula is C19H23FN4O. The quantitative estimate of drug-likeness (QED) is 0.897. The highest BCUT2D eigenvalue weighted by molar-refractivity contribution is 5.82. The zero-order valence-corrected chi connectivity index (χ0v) is 14.4. The minimum Gasteiger partial charge on any atom is -0.352 e. The number of nitrogens with zero attached hydrogens (tertiary/aromatic N) is 2. The molecule has 1 saturated carbocycles. The molecule has 1 aromatic heterocycles. The van der Waals surface area contributed by atoms with Crippen molar-refractivity contribution in [3.05, 3.63) is 47.8 Å². The fourth-order valence-electron chi connectivity index (χ4n) is 4.00. The highest BCUT2D eigenvalue weighted by Crippen LogP contribution is 2.58. The van der Waals surface area contributed by atoms with Crippen molar-refractivity contribution in [2.75, 3.05) is 13.1 Å². The van der Waals surface area contributed by atoms with E-state index in [2.05, 4.69) is 15.6 Å². The van der Waals surface area contributed by atoms with Crippen molar-refractivity contribution in [2.24, 2.45) is 11.3 Å². The van der Waals surface area contributed by atoms with E-state index in [1.807, 2.05) is 13.0 Å². The van der Waals surface area contributed by atoms with Crippen molar-refractivity contribution in [2.45, 2.75) is 32.7 Å². The summed E-state index contributed by atoms with van der Waals surface area (Å²) in [6.45, 7) is 4.21. The summed E-state index contributed by atoms with van der Waals surface area (Å²) in [5, 5.41) is 6.32. The van der Waals surface area contributed by atoms with Crippen LogP contribution in [0.5, 0.6) is 0 Å². The van der Waals surface area contributed by atoms with Gasteiger partial charge in [0.15, 0.2) is 0 Å². The Kier molecular flexibility index (Phi) is 4.07. The second-order valence-electron chi connectivity index (χ2n) is 7.22. The normalized spacial score (nSPS) is 21.3. The van der Waals surface area contributed by atoms with Gasteiger partial charge >= 0.3 is 0 Å². The van der Waals surface area contributed by atoms with E-state index >= 15 is 0 Å². The van der Waals surface area contributed by atoms with Crippen molar-refractivity contribution in [3.8, 4) is 5.69 Å². The summed E-state index contributed by atoms with van der Waals surface area (Å²) in [5.74, 6) is 0.666. The lowest BCUT2D eigenvalue weighted by atomic mass is 9.92. The first-order valence-electron chi connectivity index (χ1n) is 8.86. The van der Waals surface area contributed by atoms with E-state index in [1.165, 1.54) is 6.07 Å². The second kappa shape index (κ2) is 6.26. The number of amides is 1. The van der Waals surface area contributed by atoms with Gasteiger partial charge in [-0.25, -0.2) is 9.37 Å². The van der Waals surface area contributed by atoms with Crippen molar-refractivity contribution < 1.29 is 9.18 Å². The minimum atomic E-state index is -0.311. The number of benzene rings is 1. The van der Waals surface area contributed by atoms with Crippen LogP contribution in [0.3, 0.4) is 0 Å². The molecule has 2 aliphatic rings. The smallest absolute Gasteiger partial charge is 0.223 e. The Morgan fingerprint density at radius 2 is 2.24 bits per heavy atom. The van der Waals surface area contributed by atoms with Gasteiger partial charge in [0.25, 0.3) is 0 Å². The molecule has 1 amide bonds. The summed E-state index contributed by atoms with van der Waals surface area (Å²) >= 11 is 0. The third kappa shape index (κ3) is 3.06. The number of carbonyl (C=O) groups excluding carboxylic acids is 1. The van der Waals surface area contributed by atoms with Gasteiger partial charge in [-0.1, -0.05) is 6.07 Å². The van der Waals surface area contributed by atoms with Gasteiger partial charge in [0, 0.05) is 24.9 Å². The summed E-state index contributed by atoms with van der Waals surface area (Å²) in [6.07, 6.45) is 6.54. The molecule has 25 heavy (non-hydrogen) atoms. The maximum absolute atomic E-state index is 14.4. The molecule has 1 unspecified atom stereocenters. The third-order valence-electron chi connectivity index (χ3n) is 5.67. The lowest BCUT2D eigenvalue weighted by Gasteiger charge is -2.23. The number of hydrogen-bond acceptors (Lipinski definition) is 3. The SMILES string of the molecule is Cc1nccn1-c1ccc(CNC(=O)C2CC23CCNCC3)cc1F. The Morgan fingerprint density at radius 1 is 1.44 bits per heavy atom. The molecule has 2 fully saturated rings. The van der Waals surface area contributed by atoms with Gasteiger partial charge in [-0.3, -0.25) is 4.79 Å². The van der Waals surface area contributed by atoms with Gasteiger partial charge in [-0.2, -0.15) is 0 Å². The van der Waals surface area contributed by atoms with Crippen LogP contribution in [-0.4, -0.2) is 28.5 Å². The summed E-state index contributed by atoms with van der Waals surface area (Å²) in [5.41, 5.74) is 1.47. The first kappa shape index (κ1) is 16.3. The molecule has 132 valence electrons. The van der Waals surface area contributed by atoms with Crippen molar-refractivity contribution in [3.63, 3.8) is 0 Å². The number of hydrogen-bond donors (Lipinski definition) is 2. The number of aromatic nitrogens is 2. The van der Waals surface area contributed by atoms with E-state index in [9.17, 15) is 9.18 Å². The minimum absolute atomic E-state index is 0.108. The fourth-order valence-corrected chi connectivity index (χ4v) is 4.00. The molecule has 0 bridgehead atoms. The highest BCUT2D eigenvalue weighted by Gasteiger charge is 2.57. The highest BCUT2D eigenvalue weighted by atomic mass is 19.1. The molecule has 1 aliphatic carbocycles. The van der Waals surface area contributed by atoms with Gasteiger partial charge < -0.3 is 15.2 Å². The van der Waals surface area contributed by atoms with Crippen LogP contribution in [0.2, 0.25) is 0 Å². The molecule has 0 radical (unpaired) electrons. The Balaban J connectivity index is 1.38. The summed E-state index contributed by atoms with van der Waals surface area (Å²) in [7, 11) is 0. The van der Waals surface area contributed by atoms with Crippen molar-refractivity contribution in [1.82, 2.24) is 20.2 Å². The Labute approximate surface area is 146 Å². The van der Waals surface area contributed by atoms with Crippen LogP contribution in [0.4, 0.5) is 4.39 Å². The largest absolute Gasteiger partial charge is 0.352 e. The Morgan fingerprint density at radius 3 is 2.92 bits per heavy atom. The van der Waals surface area contributed by atoms with Gasteiger partial charge in [0.05, 0.1) is 5.69 Å². The number of carbonyl (C=O) groups is 1. The fraction of sp³-hybridized carbons (Fsp3) is 0.474. The number of aryl methyl sites for hydroxylation is 1. The summed E-state index contributed by atoms with van der Waals surface area (Å²) in [4.78, 5) is 16.5. The zero-order valence-electron chi connectivity index (χ0n) is 14.4. The van der Waals surface area contributed by atoms with Gasteiger partial charge in [0.1, 0.15) is 11.6 Å². The Bertz CT molecular complexity index is 794. The average molecular weight is 342 g/mol. The van der Waals surface area contributed by atoms with Crippen LogP contribution in [-0.2, 0) is 11.3 Å². The lowest BCUT2D eigenvalue weighted by molar-refractivity contribution is -0.123. The number of nitrogens with one attached hydrogen (secondary N) is 2. The molecule has 5 nitrogen and oxygen atoms in total. The first-order chi connectivity index (χ1) is 12.1. The third-order valence-corrected chi connectivity index (χ3v) is 5.67. The lowest BCUT2D eigenvalue weighted by Crippen LogP contribution is -2.33. The average Bonchev–Trinajstić information content (AvgIpc) is 3.13. The van der Waals surface area contributed by atoms with E-state index in [0.717, 1.165) is 43.7 Å². The first-order valence-corrected chi connectivity index (χ1v) is 8.86. The maximum atomic E-state index is 14.4. The number of piperidine rings is 1. The molecule has 1 spiro atoms. The van der Waals surface area contributed by atoms with Crippen LogP contribution >= 0.6 is 0 Å². The van der Waals surface area contributed by atoms with E-state index < -0.39 is 0 Å².